The van der Waals surface area contributed by atoms with Gasteiger partial charge >= 0.3 is 6.09 Å². The van der Waals surface area contributed by atoms with E-state index >= 15 is 0 Å². The summed E-state index contributed by atoms with van der Waals surface area (Å²) >= 11 is 6.25. The summed E-state index contributed by atoms with van der Waals surface area (Å²) in [5.41, 5.74) is 5.09. The molecular weight excluding hydrogens is 636 g/mol. The topological polar surface area (TPSA) is 173 Å². The minimum absolute atomic E-state index is 0.0791. The Bertz CT molecular complexity index is 1990. The number of ether oxygens (including phenoxy) is 1. The minimum Gasteiger partial charge on any atom is -0.453 e. The van der Waals surface area contributed by atoms with Crippen LogP contribution in [-0.2, 0) is 16.0 Å². The number of ketones is 1. The maximum Gasteiger partial charge on any atom is 0.411 e. The number of Topliss-reactive ketones (excluding diaryl/α,β-unsaturated/α-hetero) is 1. The van der Waals surface area contributed by atoms with Gasteiger partial charge in [0.05, 0.1) is 30.7 Å². The molecule has 14 nitrogen and oxygen atoms in total. The number of benzene rings is 2. The number of halogens is 1. The number of aromatic nitrogens is 7. The Morgan fingerprint density at radius 1 is 1.12 bits per heavy atom. The summed E-state index contributed by atoms with van der Waals surface area (Å²) in [6.07, 6.45) is 6.72. The number of amides is 2. The van der Waals surface area contributed by atoms with Gasteiger partial charge in [0.2, 0.25) is 5.91 Å². The van der Waals surface area contributed by atoms with Crippen LogP contribution >= 0.6 is 11.6 Å². The molecule has 3 N–H and O–H groups in total. The van der Waals surface area contributed by atoms with E-state index in [1.54, 1.807) is 48.7 Å². The number of carbonyl (C=O) groups is 3. The fraction of sp³-hybridized carbons (Fsp3) is 0.212. The Hall–Kier alpha value is -5.89. The van der Waals surface area contributed by atoms with Crippen LogP contribution in [0, 0.1) is 0 Å². The van der Waals surface area contributed by atoms with Gasteiger partial charge < -0.3 is 19.9 Å². The van der Waals surface area contributed by atoms with Crippen molar-refractivity contribution in [3.8, 4) is 16.9 Å². The average Bonchev–Trinajstić information content (AvgIpc) is 3.80. The second kappa shape index (κ2) is 14.3. The molecule has 0 aliphatic carbocycles. The van der Waals surface area contributed by atoms with Crippen LogP contribution in [0.2, 0.25) is 5.02 Å². The summed E-state index contributed by atoms with van der Waals surface area (Å²) in [7, 11) is 3.21. The van der Waals surface area contributed by atoms with Crippen LogP contribution in [0.1, 0.15) is 46.5 Å². The molecule has 4 heterocycles. The fourth-order valence-corrected chi connectivity index (χ4v) is 5.58. The molecule has 1 unspecified atom stereocenters. The zero-order valence-electron chi connectivity index (χ0n) is 26.1. The van der Waals surface area contributed by atoms with E-state index in [0.29, 0.717) is 64.3 Å². The molecule has 4 bridgehead atoms. The summed E-state index contributed by atoms with van der Waals surface area (Å²) in [6, 6.07) is 15.3. The van der Waals surface area contributed by atoms with Gasteiger partial charge in [-0.1, -0.05) is 17.7 Å². The first kappa shape index (κ1) is 32.1. The van der Waals surface area contributed by atoms with Crippen LogP contribution in [-0.4, -0.2) is 73.6 Å². The minimum atomic E-state index is -0.640. The SMILES string of the molecule is COC(=O)Nc1ccc2c(c1)N(C)CCCC(=O)c1cccc(n1)CC(NC(=O)/C=C/c1cc(Cl)ccc1-n1cnnn1)c1ncc-2[nH]1. The number of hydrogen-bond acceptors (Lipinski definition) is 10. The fourth-order valence-electron chi connectivity index (χ4n) is 5.40. The van der Waals surface area contributed by atoms with Crippen molar-refractivity contribution in [1.82, 2.24) is 40.5 Å². The van der Waals surface area contributed by atoms with Crippen LogP contribution in [0.25, 0.3) is 23.0 Å². The van der Waals surface area contributed by atoms with Gasteiger partial charge in [-0.2, -0.15) is 4.68 Å². The number of H-pyrrole nitrogens is 1. The second-order valence-electron chi connectivity index (χ2n) is 11.0. The Morgan fingerprint density at radius 2 is 2.00 bits per heavy atom. The standard InChI is InChI=1S/C33H31ClN10O4/c1-43-14-4-7-30(45)25-6-3-5-22(37-25)16-26(32-35-18-27(40-32)24-11-10-23(17-29(24)43)38-33(47)48-2)39-31(46)13-8-20-15-21(34)9-12-28(20)44-19-36-41-42-44/h3,5-6,8-13,15,17-19,26H,4,7,14,16H2,1-2H3,(H,35,40)(H,38,47)(H,39,46)/b13-8+. The van der Waals surface area contributed by atoms with Gasteiger partial charge in [-0.25, -0.2) is 14.8 Å². The lowest BCUT2D eigenvalue weighted by Gasteiger charge is -2.23. The third-order valence-electron chi connectivity index (χ3n) is 7.78. The van der Waals surface area contributed by atoms with Crippen molar-refractivity contribution in [2.24, 2.45) is 0 Å². The highest BCUT2D eigenvalue weighted by Gasteiger charge is 2.22. The highest BCUT2D eigenvalue weighted by Crippen LogP contribution is 2.33. The number of tetrazole rings is 1. The Balaban J connectivity index is 1.35. The van der Waals surface area contributed by atoms with Crippen LogP contribution in [0.15, 0.2) is 73.2 Å². The lowest BCUT2D eigenvalue weighted by Crippen LogP contribution is -2.29. The van der Waals surface area contributed by atoms with E-state index in [4.69, 9.17) is 16.3 Å². The number of fused-ring (bicyclic) bond motifs is 6. The number of imidazole rings is 1. The largest absolute Gasteiger partial charge is 0.453 e. The van der Waals surface area contributed by atoms with Gasteiger partial charge in [-0.05, 0) is 71.5 Å². The molecule has 0 radical (unpaired) electrons. The molecule has 244 valence electrons. The number of nitrogens with zero attached hydrogens (tertiary/aromatic N) is 7. The summed E-state index contributed by atoms with van der Waals surface area (Å²) in [5, 5.41) is 17.5. The van der Waals surface area contributed by atoms with Gasteiger partial charge in [-0.15, -0.1) is 5.10 Å². The highest BCUT2D eigenvalue weighted by atomic mass is 35.5. The zero-order valence-corrected chi connectivity index (χ0v) is 26.8. The van der Waals surface area contributed by atoms with Crippen molar-refractivity contribution in [2.45, 2.75) is 25.3 Å². The number of carbonyl (C=O) groups excluding carboxylic acids is 3. The van der Waals surface area contributed by atoms with Crippen LogP contribution in [0.3, 0.4) is 0 Å². The number of nitrogens with one attached hydrogen (secondary N) is 3. The van der Waals surface area contributed by atoms with E-state index in [9.17, 15) is 14.4 Å². The van der Waals surface area contributed by atoms with Gasteiger partial charge in [0.1, 0.15) is 17.8 Å². The second-order valence-corrected chi connectivity index (χ2v) is 11.5. The van der Waals surface area contributed by atoms with E-state index in [1.165, 1.54) is 24.2 Å². The maximum absolute atomic E-state index is 13.4. The predicted octanol–water partition coefficient (Wildman–Crippen LogP) is 4.81. The number of hydrogen-bond donors (Lipinski definition) is 3. The number of aromatic amines is 1. The molecule has 1 aliphatic heterocycles. The molecule has 48 heavy (non-hydrogen) atoms. The molecular formula is C33H31ClN10O4. The van der Waals surface area contributed by atoms with E-state index in [0.717, 1.165) is 11.3 Å². The van der Waals surface area contributed by atoms with Crippen molar-refractivity contribution in [1.29, 1.82) is 0 Å². The van der Waals surface area contributed by atoms with E-state index in [1.807, 2.05) is 30.1 Å². The molecule has 0 fully saturated rings. The molecule has 5 aromatic rings. The normalized spacial score (nSPS) is 14.9. The van der Waals surface area contributed by atoms with Crippen molar-refractivity contribution in [3.63, 3.8) is 0 Å². The van der Waals surface area contributed by atoms with Crippen molar-refractivity contribution in [3.05, 3.63) is 101 Å². The van der Waals surface area contributed by atoms with Crippen molar-refractivity contribution < 1.29 is 19.1 Å². The van der Waals surface area contributed by atoms with Crippen molar-refractivity contribution in [2.75, 3.05) is 30.9 Å². The molecule has 2 amide bonds. The first-order valence-corrected chi connectivity index (χ1v) is 15.4. The molecule has 2 aromatic carbocycles. The van der Waals surface area contributed by atoms with Crippen LogP contribution < -0.4 is 15.5 Å². The quantitative estimate of drug-likeness (QED) is 0.221. The third-order valence-corrected chi connectivity index (χ3v) is 8.01. The molecule has 0 saturated heterocycles. The van der Waals surface area contributed by atoms with Gasteiger partial charge in [0.15, 0.2) is 5.78 Å². The molecule has 6 rings (SSSR count). The first-order chi connectivity index (χ1) is 23.3. The summed E-state index contributed by atoms with van der Waals surface area (Å²) in [5.74, 6) is 0.0108. The average molecular weight is 667 g/mol. The Morgan fingerprint density at radius 3 is 2.81 bits per heavy atom. The number of rotatable bonds is 5. The monoisotopic (exact) mass is 666 g/mol. The number of methoxy groups -OCH3 is 1. The lowest BCUT2D eigenvalue weighted by atomic mass is 10.1. The Kier molecular flexibility index (Phi) is 9.52. The Labute approximate surface area is 280 Å². The van der Waals surface area contributed by atoms with Crippen LogP contribution in [0.4, 0.5) is 16.2 Å². The van der Waals surface area contributed by atoms with Gasteiger partial charge in [-0.3, -0.25) is 14.9 Å². The number of pyridine rings is 1. The third kappa shape index (κ3) is 7.39. The first-order valence-electron chi connectivity index (χ1n) is 15.0. The summed E-state index contributed by atoms with van der Waals surface area (Å²) in [4.78, 5) is 53.2. The molecule has 0 saturated carbocycles. The highest BCUT2D eigenvalue weighted by molar-refractivity contribution is 6.30. The van der Waals surface area contributed by atoms with E-state index in [2.05, 4.69) is 41.1 Å². The maximum atomic E-state index is 13.4. The molecule has 3 aromatic heterocycles. The summed E-state index contributed by atoms with van der Waals surface area (Å²) in [6.45, 7) is 0.563. The smallest absolute Gasteiger partial charge is 0.411 e. The lowest BCUT2D eigenvalue weighted by molar-refractivity contribution is -0.117. The predicted molar refractivity (Wildman–Crippen MR) is 179 cm³/mol. The van der Waals surface area contributed by atoms with E-state index in [-0.39, 0.29) is 12.2 Å². The molecule has 1 atom stereocenters. The van der Waals surface area contributed by atoms with Crippen LogP contribution in [0.5, 0.6) is 0 Å². The van der Waals surface area contributed by atoms with E-state index < -0.39 is 18.0 Å². The van der Waals surface area contributed by atoms with Crippen molar-refractivity contribution >= 4 is 46.8 Å². The zero-order chi connectivity index (χ0) is 33.6. The number of anilines is 2. The molecule has 0 spiro atoms. The molecule has 1 aliphatic rings. The summed E-state index contributed by atoms with van der Waals surface area (Å²) < 4.78 is 6.24. The molecule has 15 heteroatoms. The van der Waals surface area contributed by atoms with Gasteiger partial charge in [0.25, 0.3) is 0 Å². The van der Waals surface area contributed by atoms with Gasteiger partial charge in [0, 0.05) is 65.7 Å².